The van der Waals surface area contributed by atoms with Crippen LogP contribution in [0.15, 0.2) is 24.3 Å². The van der Waals surface area contributed by atoms with Gasteiger partial charge >= 0.3 is 5.97 Å². The Morgan fingerprint density at radius 1 is 1.09 bits per heavy atom. The van der Waals surface area contributed by atoms with Crippen molar-refractivity contribution in [2.24, 2.45) is 0 Å². The van der Waals surface area contributed by atoms with Crippen LogP contribution >= 0.6 is 0 Å². The zero-order chi connectivity index (χ0) is 24.2. The van der Waals surface area contributed by atoms with Crippen molar-refractivity contribution < 1.29 is 22.7 Å². The number of Topliss-reactive ketones (excluding diaryl/α,β-unsaturated/α-hetero) is 1. The van der Waals surface area contributed by atoms with Crippen LogP contribution in [0.3, 0.4) is 0 Å². The third kappa shape index (κ3) is 4.24. The first-order valence-electron chi connectivity index (χ1n) is 11.5. The molecule has 1 atom stereocenters. The molecule has 0 unspecified atom stereocenters. The molecule has 1 aromatic carbocycles. The Kier molecular flexibility index (Phi) is 5.55. The number of pyridine rings is 1. The number of ether oxygens (including phenoxy) is 1. The molecular formula is C25H27N3O5S. The average Bonchev–Trinajstić information content (AvgIpc) is 3.51. The van der Waals surface area contributed by atoms with Crippen LogP contribution in [0.25, 0.3) is 11.0 Å². The number of hydrogen-bond donors (Lipinski definition) is 0. The summed E-state index contributed by atoms with van der Waals surface area (Å²) in [6.45, 7) is 5.17. The monoisotopic (exact) mass is 481 g/mol. The van der Waals surface area contributed by atoms with Crippen molar-refractivity contribution in [3.8, 4) is 0 Å². The molecule has 0 bridgehead atoms. The largest absolute Gasteiger partial charge is 0.454 e. The number of nitrogens with zero attached hydrogens (tertiary/aromatic N) is 3. The Balaban J connectivity index is 1.48. The van der Waals surface area contributed by atoms with Crippen LogP contribution in [0.1, 0.15) is 74.5 Å². The zero-order valence-electron chi connectivity index (χ0n) is 19.5. The van der Waals surface area contributed by atoms with Gasteiger partial charge < -0.3 is 4.74 Å². The maximum absolute atomic E-state index is 13.2. The van der Waals surface area contributed by atoms with Gasteiger partial charge in [-0.1, -0.05) is 17.7 Å². The van der Waals surface area contributed by atoms with Gasteiger partial charge in [0.25, 0.3) is 0 Å². The third-order valence-corrected chi connectivity index (χ3v) is 8.40. The SMILES string of the molecule is Cc1ccc(C)c(C(=O)COC(=O)c2cc(C3CC3)nc3c2c(C)nn3[C@H]2CCS(=O)(=O)C2)c1. The third-order valence-electron chi connectivity index (χ3n) is 6.65. The number of sulfone groups is 1. The normalized spacial score (nSPS) is 19.4. The van der Waals surface area contributed by atoms with Crippen molar-refractivity contribution in [3.05, 3.63) is 57.9 Å². The molecular weight excluding hydrogens is 454 g/mol. The second-order valence-corrected chi connectivity index (χ2v) is 11.7. The molecule has 1 saturated heterocycles. The number of fused-ring (bicyclic) bond motifs is 1. The molecule has 2 fully saturated rings. The number of hydrogen-bond acceptors (Lipinski definition) is 7. The van der Waals surface area contributed by atoms with Crippen LogP contribution < -0.4 is 0 Å². The Hall–Kier alpha value is -3.07. The van der Waals surface area contributed by atoms with Gasteiger partial charge in [0.05, 0.1) is 34.2 Å². The number of benzene rings is 1. The van der Waals surface area contributed by atoms with Crippen LogP contribution in [0.2, 0.25) is 0 Å². The van der Waals surface area contributed by atoms with Crippen molar-refractivity contribution in [1.29, 1.82) is 0 Å². The molecule has 0 N–H and O–H groups in total. The summed E-state index contributed by atoms with van der Waals surface area (Å²) in [5.74, 6) is -0.456. The maximum atomic E-state index is 13.2. The lowest BCUT2D eigenvalue weighted by Crippen LogP contribution is -2.16. The van der Waals surface area contributed by atoms with Crippen LogP contribution in [0.5, 0.6) is 0 Å². The van der Waals surface area contributed by atoms with Crippen molar-refractivity contribution >= 4 is 32.6 Å². The van der Waals surface area contributed by atoms with Gasteiger partial charge in [-0.2, -0.15) is 5.10 Å². The highest BCUT2D eigenvalue weighted by Crippen LogP contribution is 2.41. The fourth-order valence-corrected chi connectivity index (χ4v) is 6.32. The standard InChI is InChI=1S/C25H27N3O5S/c1-14-4-5-15(2)19(10-14)22(29)12-33-25(30)20-11-21(17-6-7-17)26-24-23(20)16(3)27-28(24)18-8-9-34(31,32)13-18/h4-5,10-11,17-18H,6-9,12-13H2,1-3H3/t18-/m0/s1. The molecule has 9 heteroatoms. The van der Waals surface area contributed by atoms with E-state index in [9.17, 15) is 18.0 Å². The summed E-state index contributed by atoms with van der Waals surface area (Å²) in [7, 11) is -3.11. The number of esters is 1. The fourth-order valence-electron chi connectivity index (χ4n) is 4.63. The molecule has 3 aromatic rings. The second-order valence-electron chi connectivity index (χ2n) is 9.47. The Morgan fingerprint density at radius 3 is 2.53 bits per heavy atom. The fraction of sp³-hybridized carbons (Fsp3) is 0.440. The van der Waals surface area contributed by atoms with Gasteiger partial charge in [-0.05, 0) is 57.7 Å². The summed E-state index contributed by atoms with van der Waals surface area (Å²) in [6.07, 6.45) is 2.45. The number of rotatable bonds is 6. The predicted molar refractivity (Wildman–Crippen MR) is 127 cm³/mol. The molecule has 178 valence electrons. The molecule has 5 rings (SSSR count). The van der Waals surface area contributed by atoms with Crippen molar-refractivity contribution in [1.82, 2.24) is 14.8 Å². The van der Waals surface area contributed by atoms with E-state index in [1.807, 2.05) is 26.0 Å². The lowest BCUT2D eigenvalue weighted by atomic mass is 10.0. The van der Waals surface area contributed by atoms with Gasteiger partial charge in [0.1, 0.15) is 0 Å². The molecule has 1 aliphatic heterocycles. The molecule has 3 heterocycles. The smallest absolute Gasteiger partial charge is 0.339 e. The number of ketones is 1. The summed E-state index contributed by atoms with van der Waals surface area (Å²) in [5, 5.41) is 5.13. The van der Waals surface area contributed by atoms with Gasteiger partial charge in [0, 0.05) is 17.2 Å². The minimum Gasteiger partial charge on any atom is -0.454 e. The quantitative estimate of drug-likeness (QED) is 0.391. The van der Waals surface area contributed by atoms with E-state index in [1.54, 1.807) is 23.7 Å². The first-order chi connectivity index (χ1) is 16.1. The van der Waals surface area contributed by atoms with Gasteiger partial charge in [-0.3, -0.25) is 4.79 Å². The van der Waals surface area contributed by atoms with Crippen molar-refractivity contribution in [3.63, 3.8) is 0 Å². The molecule has 8 nitrogen and oxygen atoms in total. The van der Waals surface area contributed by atoms with Crippen LogP contribution in [-0.4, -0.2) is 53.0 Å². The van der Waals surface area contributed by atoms with Crippen molar-refractivity contribution in [2.75, 3.05) is 18.1 Å². The van der Waals surface area contributed by atoms with Gasteiger partial charge in [-0.15, -0.1) is 0 Å². The van der Waals surface area contributed by atoms with Gasteiger partial charge in [-0.25, -0.2) is 22.9 Å². The van der Waals surface area contributed by atoms with E-state index in [1.165, 1.54) is 0 Å². The van der Waals surface area contributed by atoms with Crippen LogP contribution in [0, 0.1) is 20.8 Å². The minimum absolute atomic E-state index is 0.0165. The second kappa shape index (κ2) is 8.30. The van der Waals surface area contributed by atoms with Crippen molar-refractivity contribution in [2.45, 2.75) is 52.0 Å². The molecule has 0 radical (unpaired) electrons. The summed E-state index contributed by atoms with van der Waals surface area (Å²) in [6, 6.07) is 7.04. The predicted octanol–water partition coefficient (Wildman–Crippen LogP) is 3.63. The summed E-state index contributed by atoms with van der Waals surface area (Å²) < 4.78 is 31.3. The number of aromatic nitrogens is 3. The Labute approximate surface area is 198 Å². The lowest BCUT2D eigenvalue weighted by molar-refractivity contribution is 0.0476. The van der Waals surface area contributed by atoms with E-state index >= 15 is 0 Å². The number of carbonyl (C=O) groups excluding carboxylic acids is 2. The Bertz CT molecular complexity index is 1440. The van der Waals surface area contributed by atoms with E-state index in [4.69, 9.17) is 9.72 Å². The maximum Gasteiger partial charge on any atom is 0.339 e. The topological polar surface area (TPSA) is 108 Å². The first-order valence-corrected chi connectivity index (χ1v) is 13.3. The molecule has 0 amide bonds. The average molecular weight is 482 g/mol. The molecule has 2 aliphatic rings. The van der Waals surface area contributed by atoms with E-state index in [2.05, 4.69) is 5.10 Å². The van der Waals surface area contributed by atoms with Gasteiger partial charge in [0.15, 0.2) is 22.1 Å². The van der Waals surface area contributed by atoms with Crippen LogP contribution in [0.4, 0.5) is 0 Å². The minimum atomic E-state index is -3.11. The van der Waals surface area contributed by atoms with E-state index in [0.29, 0.717) is 34.3 Å². The summed E-state index contributed by atoms with van der Waals surface area (Å²) >= 11 is 0. The summed E-state index contributed by atoms with van der Waals surface area (Å²) in [4.78, 5) is 30.7. The number of carbonyl (C=O) groups is 2. The highest BCUT2D eigenvalue weighted by atomic mass is 32.2. The van der Waals surface area contributed by atoms with E-state index in [-0.39, 0.29) is 35.9 Å². The highest BCUT2D eigenvalue weighted by molar-refractivity contribution is 7.91. The van der Waals surface area contributed by atoms with Crippen LogP contribution in [-0.2, 0) is 14.6 Å². The first kappa shape index (κ1) is 22.7. The Morgan fingerprint density at radius 2 is 1.85 bits per heavy atom. The summed E-state index contributed by atoms with van der Waals surface area (Å²) in [5.41, 5.74) is 4.53. The molecule has 2 aromatic heterocycles. The molecule has 34 heavy (non-hydrogen) atoms. The van der Waals surface area contributed by atoms with E-state index < -0.39 is 15.8 Å². The zero-order valence-corrected chi connectivity index (χ0v) is 20.3. The van der Waals surface area contributed by atoms with E-state index in [0.717, 1.165) is 29.7 Å². The molecule has 0 spiro atoms. The highest BCUT2D eigenvalue weighted by Gasteiger charge is 2.34. The number of aryl methyl sites for hydroxylation is 3. The molecule has 1 saturated carbocycles. The molecule has 1 aliphatic carbocycles. The lowest BCUT2D eigenvalue weighted by Gasteiger charge is -2.12. The van der Waals surface area contributed by atoms with Gasteiger partial charge in [0.2, 0.25) is 5.78 Å².